The summed E-state index contributed by atoms with van der Waals surface area (Å²) < 4.78 is 92.2. The first-order valence-corrected chi connectivity index (χ1v) is 24.4. The summed E-state index contributed by atoms with van der Waals surface area (Å²) >= 11 is 0. The van der Waals surface area contributed by atoms with Gasteiger partial charge in [-0.3, -0.25) is 13.9 Å². The summed E-state index contributed by atoms with van der Waals surface area (Å²) in [6.07, 6.45) is -0.203. The van der Waals surface area contributed by atoms with Crippen LogP contribution in [0, 0.1) is 0 Å². The average Bonchev–Trinajstić information content (AvgIpc) is 3.70. The van der Waals surface area contributed by atoms with Gasteiger partial charge in [0.2, 0.25) is 10.0 Å². The Labute approximate surface area is 436 Å². The van der Waals surface area contributed by atoms with Crippen LogP contribution in [0.4, 0.5) is 9.59 Å². The van der Waals surface area contributed by atoms with Gasteiger partial charge >= 0.3 is 52.1 Å². The van der Waals surface area contributed by atoms with Crippen molar-refractivity contribution in [1.82, 2.24) is 19.4 Å². The van der Waals surface area contributed by atoms with Gasteiger partial charge in [-0.2, -0.15) is 12.7 Å². The third-order valence-corrected chi connectivity index (χ3v) is 12.2. The van der Waals surface area contributed by atoms with E-state index in [1.54, 1.807) is 30.9 Å². The number of aliphatic hydroxyl groups excluding tert-OH is 2. The first-order valence-electron chi connectivity index (χ1n) is 21.2. The van der Waals surface area contributed by atoms with Crippen molar-refractivity contribution >= 4 is 39.1 Å². The molecule has 0 saturated carbocycles. The Morgan fingerprint density at radius 2 is 1.24 bits per heavy atom. The van der Waals surface area contributed by atoms with Gasteiger partial charge in [0.05, 0.1) is 50.3 Å². The van der Waals surface area contributed by atoms with Gasteiger partial charge in [0.15, 0.2) is 0 Å². The normalized spacial score (nSPS) is 29.5. The monoisotopic (exact) mass is 1070 g/mol. The maximum atomic E-state index is 11.9. The molecule has 1 spiro atoms. The molecule has 5 rings (SSSR count). The molecular weight excluding hydrogens is 988 g/mol. The van der Waals surface area contributed by atoms with Gasteiger partial charge in [-0.05, 0) is 74.8 Å². The standard InChI is InChI=1S/C12H21NO4.C12H21NO3.C8H17NO5S.C7H15NO3.CH2O3.CH4.Na.H2O4S/c1-8-12(16-8)7-13(6-9(12)15-5)10(14)17-11(2,3)4;1-6-9-7-13(8-10(9)15-5)11(14)16-12(2,3)4;1-6(10)8(11)5-9(15(3,12)13)4-7(8)14-2;1-5(9)7(10)4-8-3-6(7)11-2;2-1-4-3;;;1-5(2,3)4/h8-9H,6-7H2,1-5H3;6,10H,7-8H2,1-5H3;6-7,10-11H,4-5H2,1-3H3;5-6,8-10H,3-4H2,1-2H3;1,3H;1H4;;(H2,1,2,3,4)/q;;;;;;+1;/p-1/b;9-6+;;;;;;/t8-,9-,12+;10-;6-,7+,8-;5-,6+,7-;;;;/m0011..../s1. The van der Waals surface area contributed by atoms with Crippen molar-refractivity contribution < 1.29 is 134 Å². The molecule has 5 aliphatic rings. The van der Waals surface area contributed by atoms with Gasteiger partial charge < -0.3 is 78.8 Å². The summed E-state index contributed by atoms with van der Waals surface area (Å²) in [5.74, 6) is 0. The van der Waals surface area contributed by atoms with E-state index in [2.05, 4.69) is 10.2 Å². The van der Waals surface area contributed by atoms with E-state index in [0.717, 1.165) is 16.1 Å². The number of epoxide rings is 1. The largest absolute Gasteiger partial charge is 1.00 e. The smallest absolute Gasteiger partial charge is 0.662 e. The number of nitrogens with one attached hydrogen (secondary N) is 1. The molecule has 10 atom stereocenters. The maximum Gasteiger partial charge on any atom is 1.00 e. The Kier molecular flexibility index (Phi) is 31.5. The fraction of sp³-hybridized carbons (Fsp3) is 0.878. The second kappa shape index (κ2) is 30.5. The first-order chi connectivity index (χ1) is 30.9. The molecule has 0 aromatic carbocycles. The van der Waals surface area contributed by atoms with Crippen LogP contribution in [-0.2, 0) is 63.3 Å². The number of likely N-dealkylation sites (tertiary alicyclic amines) is 2. The van der Waals surface area contributed by atoms with E-state index in [0.29, 0.717) is 39.3 Å². The van der Waals surface area contributed by atoms with Crippen LogP contribution in [0.15, 0.2) is 11.6 Å². The molecule has 5 saturated heterocycles. The van der Waals surface area contributed by atoms with Crippen LogP contribution in [0.2, 0.25) is 0 Å². The van der Waals surface area contributed by atoms with Crippen LogP contribution in [0.5, 0.6) is 0 Å². The summed E-state index contributed by atoms with van der Waals surface area (Å²) in [7, 11) is -1.81. The molecule has 410 valence electrons. The molecule has 5 fully saturated rings. The molecule has 0 radical (unpaired) electrons. The van der Waals surface area contributed by atoms with Gasteiger partial charge in [-0.15, -0.1) is 0 Å². The number of aliphatic hydroxyl groups is 4. The zero-order valence-electron chi connectivity index (χ0n) is 42.7. The quantitative estimate of drug-likeness (QED) is 0.0233. The van der Waals surface area contributed by atoms with Crippen molar-refractivity contribution in [2.75, 3.05) is 87.1 Å². The summed E-state index contributed by atoms with van der Waals surface area (Å²) in [6.45, 7) is 21.1. The number of sulfonamides is 1. The number of methoxy groups -OCH3 is 4. The first kappa shape index (κ1) is 72.3. The number of carbonyl (C=O) groups excluding carboxylic acids is 3. The Morgan fingerprint density at radius 3 is 1.51 bits per heavy atom. The van der Waals surface area contributed by atoms with Crippen LogP contribution in [0.1, 0.15) is 76.7 Å². The number of β-amino-alcohol motifs (C(OH)–C–C–N with tert-alkyl or cyclic N) is 2. The van der Waals surface area contributed by atoms with Gasteiger partial charge in [-0.25, -0.2) is 18.0 Å². The molecule has 2 amide bonds. The van der Waals surface area contributed by atoms with Crippen LogP contribution >= 0.6 is 0 Å². The number of hydrogen-bond acceptors (Lipinski definition) is 21. The average molecular weight is 1070 g/mol. The predicted molar refractivity (Wildman–Crippen MR) is 246 cm³/mol. The molecule has 0 aromatic heterocycles. The number of amides is 2. The number of hydrogen-bond donors (Lipinski definition) is 7. The van der Waals surface area contributed by atoms with Crippen molar-refractivity contribution in [3.8, 4) is 0 Å². The van der Waals surface area contributed by atoms with Gasteiger partial charge in [-0.1, -0.05) is 13.5 Å². The minimum atomic E-state index is -4.67. The summed E-state index contributed by atoms with van der Waals surface area (Å²) in [5, 5.41) is 50.0. The van der Waals surface area contributed by atoms with E-state index in [1.807, 2.05) is 61.5 Å². The van der Waals surface area contributed by atoms with E-state index < -0.39 is 61.1 Å². The molecule has 26 nitrogen and oxygen atoms in total. The van der Waals surface area contributed by atoms with Crippen molar-refractivity contribution in [1.29, 1.82) is 0 Å². The molecule has 5 heterocycles. The van der Waals surface area contributed by atoms with Crippen LogP contribution in [0.25, 0.3) is 0 Å². The number of carbonyl (C=O) groups is 3. The van der Waals surface area contributed by atoms with Crippen molar-refractivity contribution in [2.24, 2.45) is 0 Å². The Balaban J connectivity index is -0.000000805. The topological polar surface area (TPSA) is 363 Å². The van der Waals surface area contributed by atoms with Crippen molar-refractivity contribution in [3.63, 3.8) is 0 Å². The van der Waals surface area contributed by atoms with Gasteiger partial charge in [0, 0.05) is 61.2 Å². The summed E-state index contributed by atoms with van der Waals surface area (Å²) in [5.41, 5.74) is -2.73. The number of allylic oxidation sites excluding steroid dienone is 1. The minimum absolute atomic E-state index is 0. The molecular formula is C41H81N4NaO22S2. The Hall–Kier alpha value is -1.91. The van der Waals surface area contributed by atoms with E-state index in [-0.39, 0.29) is 98.7 Å². The van der Waals surface area contributed by atoms with Gasteiger partial charge in [0.1, 0.15) is 46.3 Å². The number of ether oxygens (including phenoxy) is 7. The third-order valence-electron chi connectivity index (χ3n) is 11.0. The van der Waals surface area contributed by atoms with Crippen LogP contribution in [-0.4, -0.2) is 237 Å². The minimum Gasteiger partial charge on any atom is -0.662 e. The summed E-state index contributed by atoms with van der Waals surface area (Å²) in [6, 6.07) is 0. The number of rotatable bonds is 8. The molecule has 0 aromatic rings. The molecule has 70 heavy (non-hydrogen) atoms. The second-order valence-corrected chi connectivity index (χ2v) is 21.2. The van der Waals surface area contributed by atoms with E-state index in [9.17, 15) is 38.4 Å². The second-order valence-electron chi connectivity index (χ2n) is 18.4. The van der Waals surface area contributed by atoms with E-state index in [1.165, 1.54) is 21.1 Å². The zero-order valence-corrected chi connectivity index (χ0v) is 46.4. The Morgan fingerprint density at radius 1 is 0.814 bits per heavy atom. The molecule has 0 aliphatic carbocycles. The van der Waals surface area contributed by atoms with E-state index in [4.69, 9.17) is 60.7 Å². The molecule has 0 unspecified atom stereocenters. The zero-order chi connectivity index (χ0) is 53.4. The molecule has 5 aliphatic heterocycles. The third kappa shape index (κ3) is 23.5. The summed E-state index contributed by atoms with van der Waals surface area (Å²) in [4.78, 5) is 38.3. The molecule has 29 heteroatoms. The van der Waals surface area contributed by atoms with E-state index >= 15 is 0 Å². The van der Waals surface area contributed by atoms with Crippen LogP contribution in [0.3, 0.4) is 0 Å². The predicted octanol–water partition coefficient (Wildman–Crippen LogP) is -3.87. The fourth-order valence-electron chi connectivity index (χ4n) is 7.15. The fourth-order valence-corrected chi connectivity index (χ4v) is 8.00. The SMILES string of the molecule is C.C/C=C1\CN(C(=O)OC(C)(C)C)C[C@@H]1OC.CO[C@H]1CN(C(=O)OC(C)(C)C)C[C@]12O[C@H]2C.CO[C@H]1CN(S(C)(=O)=O)C[C@@]1(O)[C@@H](C)O.CO[C@H]1CNC[C@@]1(O)[C@@H](C)O.O=CO[O-].O=S(=O)(O)O.[Na+]. The van der Waals surface area contributed by atoms with Crippen molar-refractivity contribution in [3.05, 3.63) is 11.6 Å². The molecule has 7 N–H and O–H groups in total. The van der Waals surface area contributed by atoms with Crippen LogP contribution < -0.4 is 40.1 Å². The number of nitrogens with zero attached hydrogens (tertiary/aromatic N) is 3. The van der Waals surface area contributed by atoms with Gasteiger partial charge in [0.25, 0.3) is 6.47 Å². The Bertz CT molecular complexity index is 1830. The maximum absolute atomic E-state index is 11.9. The van der Waals surface area contributed by atoms with Crippen molar-refractivity contribution in [2.45, 2.75) is 147 Å². The molecule has 0 bridgehead atoms.